The number of nitro benzene ring substituents is 1. The molecule has 3 aromatic rings. The van der Waals surface area contributed by atoms with Crippen molar-refractivity contribution >= 4 is 23.0 Å². The highest BCUT2D eigenvalue weighted by atomic mass is 16.6. The van der Waals surface area contributed by atoms with Gasteiger partial charge in [-0.1, -0.05) is 0 Å². The lowest BCUT2D eigenvalue weighted by atomic mass is 10.2. The molecule has 0 N–H and O–H groups in total. The molecule has 0 aliphatic rings. The van der Waals surface area contributed by atoms with Crippen molar-refractivity contribution in [3.05, 3.63) is 64.0 Å². The van der Waals surface area contributed by atoms with Crippen molar-refractivity contribution in [3.8, 4) is 5.75 Å². The molecule has 3 rings (SSSR count). The lowest BCUT2D eigenvalue weighted by Gasteiger charge is -2.06. The Labute approximate surface area is 131 Å². The summed E-state index contributed by atoms with van der Waals surface area (Å²) >= 11 is 0. The molecule has 7 heteroatoms. The van der Waals surface area contributed by atoms with Crippen molar-refractivity contribution in [3.63, 3.8) is 0 Å². The number of fused-ring (bicyclic) bond motifs is 1. The van der Waals surface area contributed by atoms with Gasteiger partial charge in [0.05, 0.1) is 16.0 Å². The highest BCUT2D eigenvalue weighted by Crippen LogP contribution is 2.22. The fourth-order valence-corrected chi connectivity index (χ4v) is 2.27. The van der Waals surface area contributed by atoms with E-state index in [1.54, 1.807) is 30.3 Å². The van der Waals surface area contributed by atoms with Crippen molar-refractivity contribution in [2.24, 2.45) is 7.05 Å². The number of hydrogen-bond acceptors (Lipinski definition) is 5. The predicted octanol–water partition coefficient (Wildman–Crippen LogP) is 2.87. The van der Waals surface area contributed by atoms with Gasteiger partial charge in [0.15, 0.2) is 0 Å². The fraction of sp³-hybridized carbons (Fsp3) is 0.125. The average molecular weight is 311 g/mol. The number of hydrogen-bond donors (Lipinski definition) is 0. The Morgan fingerprint density at radius 3 is 2.65 bits per heavy atom. The van der Waals surface area contributed by atoms with E-state index in [-0.39, 0.29) is 12.3 Å². The molecular weight excluding hydrogens is 298 g/mol. The monoisotopic (exact) mass is 311 g/mol. The first-order chi connectivity index (χ1) is 11.1. The highest BCUT2D eigenvalue weighted by Gasteiger charge is 2.13. The fourth-order valence-electron chi connectivity index (χ4n) is 2.27. The van der Waals surface area contributed by atoms with Gasteiger partial charge in [-0.25, -0.2) is 4.98 Å². The molecule has 0 aliphatic carbocycles. The standard InChI is InChI=1S/C16H13N3O4/c1-18-15-7-4-12(19(21)22)8-14(15)17-16(18)10-23-13-5-2-11(9-20)3-6-13/h2-9H,10H2,1H3. The Morgan fingerprint density at radius 1 is 1.26 bits per heavy atom. The van der Waals surface area contributed by atoms with E-state index in [0.29, 0.717) is 22.7 Å². The van der Waals surface area contributed by atoms with E-state index in [1.807, 2.05) is 11.6 Å². The molecule has 0 aliphatic heterocycles. The summed E-state index contributed by atoms with van der Waals surface area (Å²) in [7, 11) is 1.83. The normalized spacial score (nSPS) is 10.7. The summed E-state index contributed by atoms with van der Waals surface area (Å²) in [5.74, 6) is 1.27. The maximum atomic E-state index is 10.8. The molecule has 0 amide bonds. The molecule has 7 nitrogen and oxygen atoms in total. The van der Waals surface area contributed by atoms with Crippen LogP contribution in [0.5, 0.6) is 5.75 Å². The molecule has 0 saturated carbocycles. The molecule has 2 aromatic carbocycles. The van der Waals surface area contributed by atoms with E-state index in [0.717, 1.165) is 11.8 Å². The molecule has 23 heavy (non-hydrogen) atoms. The molecule has 0 bridgehead atoms. The Morgan fingerprint density at radius 2 is 2.00 bits per heavy atom. The quantitative estimate of drug-likeness (QED) is 0.411. The first-order valence-electron chi connectivity index (χ1n) is 6.86. The van der Waals surface area contributed by atoms with Crippen LogP contribution in [0.25, 0.3) is 11.0 Å². The molecule has 1 heterocycles. The molecule has 0 saturated heterocycles. The number of carbonyl (C=O) groups is 1. The van der Waals surface area contributed by atoms with Gasteiger partial charge in [0, 0.05) is 24.7 Å². The van der Waals surface area contributed by atoms with Gasteiger partial charge in [0.25, 0.3) is 5.69 Å². The van der Waals surface area contributed by atoms with Crippen LogP contribution in [0.4, 0.5) is 5.69 Å². The number of nitrogens with zero attached hydrogens (tertiary/aromatic N) is 3. The number of imidazole rings is 1. The van der Waals surface area contributed by atoms with Crippen LogP contribution in [0, 0.1) is 10.1 Å². The van der Waals surface area contributed by atoms with E-state index in [4.69, 9.17) is 4.74 Å². The van der Waals surface area contributed by atoms with E-state index in [2.05, 4.69) is 4.98 Å². The molecule has 0 spiro atoms. The predicted molar refractivity (Wildman–Crippen MR) is 83.5 cm³/mol. The first-order valence-corrected chi connectivity index (χ1v) is 6.86. The van der Waals surface area contributed by atoms with Crippen LogP contribution in [0.15, 0.2) is 42.5 Å². The maximum Gasteiger partial charge on any atom is 0.271 e. The molecule has 0 unspecified atom stereocenters. The summed E-state index contributed by atoms with van der Waals surface area (Å²) in [5, 5.41) is 10.8. The van der Waals surface area contributed by atoms with Gasteiger partial charge >= 0.3 is 0 Å². The van der Waals surface area contributed by atoms with E-state index < -0.39 is 4.92 Å². The zero-order valence-electron chi connectivity index (χ0n) is 12.3. The van der Waals surface area contributed by atoms with E-state index in [9.17, 15) is 14.9 Å². The second-order valence-corrected chi connectivity index (χ2v) is 4.99. The van der Waals surface area contributed by atoms with Crippen molar-refractivity contribution in [1.29, 1.82) is 0 Å². The van der Waals surface area contributed by atoms with Gasteiger partial charge in [-0.05, 0) is 30.3 Å². The Bertz CT molecular complexity index is 884. The zero-order valence-corrected chi connectivity index (χ0v) is 12.3. The topological polar surface area (TPSA) is 87.3 Å². The van der Waals surface area contributed by atoms with Crippen LogP contribution in [0.2, 0.25) is 0 Å². The van der Waals surface area contributed by atoms with E-state index in [1.165, 1.54) is 12.1 Å². The molecule has 116 valence electrons. The summed E-state index contributed by atoms with van der Waals surface area (Å²) < 4.78 is 7.48. The number of carbonyl (C=O) groups excluding carboxylic acids is 1. The van der Waals surface area contributed by atoms with Gasteiger partial charge < -0.3 is 9.30 Å². The number of non-ortho nitro benzene ring substituents is 1. The molecule has 0 radical (unpaired) electrons. The van der Waals surface area contributed by atoms with Crippen molar-refractivity contribution in [2.45, 2.75) is 6.61 Å². The van der Waals surface area contributed by atoms with Gasteiger partial charge in [-0.3, -0.25) is 14.9 Å². The maximum absolute atomic E-state index is 10.8. The second kappa shape index (κ2) is 5.88. The Kier molecular flexibility index (Phi) is 3.76. The van der Waals surface area contributed by atoms with Gasteiger partial charge in [0.1, 0.15) is 24.5 Å². The van der Waals surface area contributed by atoms with Gasteiger partial charge in [0.2, 0.25) is 0 Å². The third-order valence-corrected chi connectivity index (χ3v) is 3.55. The average Bonchev–Trinajstić information content (AvgIpc) is 2.89. The number of aryl methyl sites for hydroxylation is 1. The number of aromatic nitrogens is 2. The largest absolute Gasteiger partial charge is 0.486 e. The number of rotatable bonds is 5. The number of nitro groups is 1. The van der Waals surface area contributed by atoms with E-state index >= 15 is 0 Å². The van der Waals surface area contributed by atoms with Crippen molar-refractivity contribution in [2.75, 3.05) is 0 Å². The minimum Gasteiger partial charge on any atom is -0.486 e. The van der Waals surface area contributed by atoms with Crippen molar-refractivity contribution < 1.29 is 14.5 Å². The van der Waals surface area contributed by atoms with Crippen molar-refractivity contribution in [1.82, 2.24) is 9.55 Å². The van der Waals surface area contributed by atoms with Crippen LogP contribution < -0.4 is 4.74 Å². The molecular formula is C16H13N3O4. The molecule has 1 aromatic heterocycles. The summed E-state index contributed by atoms with van der Waals surface area (Å²) in [5.41, 5.74) is 1.93. The first kappa shape index (κ1) is 14.7. The van der Waals surface area contributed by atoms with Crippen LogP contribution in [0.3, 0.4) is 0 Å². The highest BCUT2D eigenvalue weighted by molar-refractivity contribution is 5.78. The minimum atomic E-state index is -0.446. The zero-order chi connectivity index (χ0) is 16.4. The second-order valence-electron chi connectivity index (χ2n) is 4.99. The van der Waals surface area contributed by atoms with Crippen LogP contribution in [0.1, 0.15) is 16.2 Å². The minimum absolute atomic E-state index is 0.00696. The molecule has 0 atom stereocenters. The third-order valence-electron chi connectivity index (χ3n) is 3.55. The number of ether oxygens (including phenoxy) is 1. The summed E-state index contributed by atoms with van der Waals surface area (Å²) in [6.45, 7) is 0.222. The van der Waals surface area contributed by atoms with Crippen LogP contribution >= 0.6 is 0 Å². The Balaban J connectivity index is 1.83. The third kappa shape index (κ3) is 2.89. The lowest BCUT2D eigenvalue weighted by molar-refractivity contribution is -0.384. The SMILES string of the molecule is Cn1c(COc2ccc(C=O)cc2)nc2cc([N+](=O)[O-])ccc21. The summed E-state index contributed by atoms with van der Waals surface area (Å²) in [4.78, 5) is 25.4. The van der Waals surface area contributed by atoms with Gasteiger partial charge in [-0.15, -0.1) is 0 Å². The summed E-state index contributed by atoms with van der Waals surface area (Å²) in [6.07, 6.45) is 0.766. The number of benzene rings is 2. The smallest absolute Gasteiger partial charge is 0.271 e. The Hall–Kier alpha value is -3.22. The summed E-state index contributed by atoms with van der Waals surface area (Å²) in [6, 6.07) is 11.3. The number of aldehydes is 1. The van der Waals surface area contributed by atoms with Gasteiger partial charge in [-0.2, -0.15) is 0 Å². The van der Waals surface area contributed by atoms with Crippen LogP contribution in [-0.2, 0) is 13.7 Å². The van der Waals surface area contributed by atoms with Crippen LogP contribution in [-0.4, -0.2) is 20.8 Å². The lowest BCUT2D eigenvalue weighted by Crippen LogP contribution is -2.03. The molecule has 0 fully saturated rings.